The topological polar surface area (TPSA) is 83.4 Å². The molecule has 0 bridgehead atoms. The molecule has 0 saturated carbocycles. The average molecular weight is 496 g/mol. The van der Waals surface area contributed by atoms with Crippen LogP contribution < -0.4 is 9.47 Å². The SMILES string of the molecule is COCCOC(=O)C1C(C)=NC2=C(C(=O)C[C@@H](c3ccc(OC)c(OC)c3)C2)[C@H]1c1ccc(F)cc1. The maximum atomic E-state index is 13.7. The van der Waals surface area contributed by atoms with Crippen molar-refractivity contribution in [3.63, 3.8) is 0 Å². The van der Waals surface area contributed by atoms with Crippen molar-refractivity contribution in [2.24, 2.45) is 10.9 Å². The molecule has 0 N–H and O–H groups in total. The molecule has 36 heavy (non-hydrogen) atoms. The van der Waals surface area contributed by atoms with Crippen molar-refractivity contribution in [2.75, 3.05) is 34.5 Å². The molecule has 0 aromatic heterocycles. The average Bonchev–Trinajstić information content (AvgIpc) is 2.87. The smallest absolute Gasteiger partial charge is 0.315 e. The molecule has 1 aliphatic carbocycles. The second-order valence-electron chi connectivity index (χ2n) is 8.92. The monoisotopic (exact) mass is 495 g/mol. The van der Waals surface area contributed by atoms with E-state index < -0.39 is 23.6 Å². The summed E-state index contributed by atoms with van der Waals surface area (Å²) in [6, 6.07) is 11.5. The van der Waals surface area contributed by atoms with Crippen molar-refractivity contribution in [3.8, 4) is 11.5 Å². The van der Waals surface area contributed by atoms with Gasteiger partial charge >= 0.3 is 5.97 Å². The molecule has 0 spiro atoms. The van der Waals surface area contributed by atoms with E-state index in [1.165, 1.54) is 19.2 Å². The third-order valence-corrected chi connectivity index (χ3v) is 6.78. The van der Waals surface area contributed by atoms with Gasteiger partial charge in [-0.1, -0.05) is 18.2 Å². The number of allylic oxidation sites excluding steroid dienone is 2. The lowest BCUT2D eigenvalue weighted by Crippen LogP contribution is -2.38. The van der Waals surface area contributed by atoms with Crippen molar-refractivity contribution in [1.29, 1.82) is 0 Å². The fraction of sp³-hybridized carbons (Fsp3) is 0.393. The van der Waals surface area contributed by atoms with Crippen LogP contribution in [0.4, 0.5) is 4.39 Å². The quantitative estimate of drug-likeness (QED) is 0.393. The third-order valence-electron chi connectivity index (χ3n) is 6.78. The molecule has 8 heteroatoms. The number of hydrogen-bond acceptors (Lipinski definition) is 7. The van der Waals surface area contributed by atoms with E-state index in [0.29, 0.717) is 40.5 Å². The molecule has 2 aromatic carbocycles. The summed E-state index contributed by atoms with van der Waals surface area (Å²) in [5.41, 5.74) is 3.33. The number of nitrogens with zero attached hydrogens (tertiary/aromatic N) is 1. The number of ether oxygens (including phenoxy) is 4. The van der Waals surface area contributed by atoms with Gasteiger partial charge in [0.05, 0.1) is 20.8 Å². The van der Waals surface area contributed by atoms with Crippen LogP contribution in [0.15, 0.2) is 58.7 Å². The van der Waals surface area contributed by atoms with E-state index in [1.807, 2.05) is 18.2 Å². The minimum atomic E-state index is -0.785. The Morgan fingerprint density at radius 2 is 1.67 bits per heavy atom. The zero-order chi connectivity index (χ0) is 25.8. The molecule has 2 aliphatic rings. The van der Waals surface area contributed by atoms with Gasteiger partial charge in [0.1, 0.15) is 18.3 Å². The summed E-state index contributed by atoms with van der Waals surface area (Å²) in [4.78, 5) is 31.5. The fourth-order valence-electron chi connectivity index (χ4n) is 5.05. The van der Waals surface area contributed by atoms with Gasteiger partial charge in [-0.2, -0.15) is 0 Å². The number of Topliss-reactive ketones (excluding diaryl/α,β-unsaturated/α-hetero) is 1. The Labute approximate surface area is 209 Å². The highest BCUT2D eigenvalue weighted by molar-refractivity contribution is 6.09. The van der Waals surface area contributed by atoms with Crippen LogP contribution in [0, 0.1) is 11.7 Å². The van der Waals surface area contributed by atoms with Gasteiger partial charge in [0.2, 0.25) is 0 Å². The Morgan fingerprint density at radius 1 is 0.972 bits per heavy atom. The highest BCUT2D eigenvalue weighted by Crippen LogP contribution is 2.47. The van der Waals surface area contributed by atoms with Crippen LogP contribution in [0.1, 0.15) is 42.7 Å². The number of benzene rings is 2. The highest BCUT2D eigenvalue weighted by Gasteiger charge is 2.44. The summed E-state index contributed by atoms with van der Waals surface area (Å²) in [5, 5.41) is 0. The van der Waals surface area contributed by atoms with Crippen LogP contribution in [0.25, 0.3) is 0 Å². The van der Waals surface area contributed by atoms with Crippen LogP contribution in [0.2, 0.25) is 0 Å². The first-order valence-corrected chi connectivity index (χ1v) is 11.8. The van der Waals surface area contributed by atoms with Crippen LogP contribution in [0.5, 0.6) is 11.5 Å². The maximum Gasteiger partial charge on any atom is 0.315 e. The molecular formula is C28H30FNO6. The van der Waals surface area contributed by atoms with Gasteiger partial charge in [-0.3, -0.25) is 14.6 Å². The van der Waals surface area contributed by atoms with E-state index in [-0.39, 0.29) is 31.3 Å². The predicted octanol–water partition coefficient (Wildman–Crippen LogP) is 4.61. The third kappa shape index (κ3) is 5.04. The Morgan fingerprint density at radius 3 is 2.33 bits per heavy atom. The first-order valence-electron chi connectivity index (χ1n) is 11.8. The van der Waals surface area contributed by atoms with Gasteiger partial charge in [0.15, 0.2) is 17.3 Å². The molecule has 190 valence electrons. The molecule has 0 saturated heterocycles. The molecule has 0 radical (unpaired) electrons. The first kappa shape index (κ1) is 25.6. The summed E-state index contributed by atoms with van der Waals surface area (Å²) in [7, 11) is 4.67. The van der Waals surface area contributed by atoms with E-state index in [2.05, 4.69) is 0 Å². The zero-order valence-electron chi connectivity index (χ0n) is 20.9. The summed E-state index contributed by atoms with van der Waals surface area (Å²) in [6.07, 6.45) is 0.781. The minimum Gasteiger partial charge on any atom is -0.493 e. The first-order chi connectivity index (χ1) is 17.4. The molecule has 7 nitrogen and oxygen atoms in total. The lowest BCUT2D eigenvalue weighted by molar-refractivity contribution is -0.147. The van der Waals surface area contributed by atoms with Crippen molar-refractivity contribution in [3.05, 3.63) is 70.7 Å². The van der Waals surface area contributed by atoms with E-state index in [4.69, 9.17) is 23.9 Å². The van der Waals surface area contributed by atoms with Crippen molar-refractivity contribution in [2.45, 2.75) is 31.6 Å². The number of methoxy groups -OCH3 is 3. The normalized spacial score (nSPS) is 21.5. The van der Waals surface area contributed by atoms with Gasteiger partial charge in [-0.05, 0) is 54.7 Å². The van der Waals surface area contributed by atoms with E-state index in [1.54, 1.807) is 33.3 Å². The number of rotatable bonds is 8. The maximum absolute atomic E-state index is 13.7. The standard InChI is InChI=1S/C28H30FNO6/c1-16-25(28(32)36-12-11-33-2)26(17-5-8-20(29)9-6-17)27-21(30-16)13-19(14-22(27)31)18-7-10-23(34-3)24(15-18)35-4/h5-10,15,19,25-26H,11-14H2,1-4H3/t19-,25?,26-/m0/s1. The number of aliphatic imine (C=N–C) groups is 1. The molecule has 1 aliphatic heterocycles. The minimum absolute atomic E-state index is 0.0868. The summed E-state index contributed by atoms with van der Waals surface area (Å²) >= 11 is 0. The molecule has 0 amide bonds. The molecule has 1 heterocycles. The summed E-state index contributed by atoms with van der Waals surface area (Å²) in [6.45, 7) is 2.12. The van der Waals surface area contributed by atoms with Crippen LogP contribution in [0.3, 0.4) is 0 Å². The molecule has 2 aromatic rings. The number of hydrogen-bond donors (Lipinski definition) is 0. The largest absolute Gasteiger partial charge is 0.493 e. The van der Waals surface area contributed by atoms with Gasteiger partial charge in [-0.15, -0.1) is 0 Å². The Hall–Kier alpha value is -3.52. The molecule has 4 rings (SSSR count). The van der Waals surface area contributed by atoms with Gasteiger partial charge in [-0.25, -0.2) is 4.39 Å². The highest BCUT2D eigenvalue weighted by atomic mass is 19.1. The Balaban J connectivity index is 1.73. The van der Waals surface area contributed by atoms with Crippen molar-refractivity contribution >= 4 is 17.5 Å². The lowest BCUT2D eigenvalue weighted by Gasteiger charge is -2.36. The Kier molecular flexibility index (Phi) is 7.84. The zero-order valence-corrected chi connectivity index (χ0v) is 20.9. The van der Waals surface area contributed by atoms with Crippen LogP contribution >= 0.6 is 0 Å². The second-order valence-corrected chi connectivity index (χ2v) is 8.92. The van der Waals surface area contributed by atoms with E-state index in [0.717, 1.165) is 5.56 Å². The van der Waals surface area contributed by atoms with Gasteiger partial charge < -0.3 is 18.9 Å². The van der Waals surface area contributed by atoms with Gasteiger partial charge in [0.25, 0.3) is 0 Å². The number of carbonyl (C=O) groups is 2. The van der Waals surface area contributed by atoms with Crippen LogP contribution in [-0.2, 0) is 19.1 Å². The molecule has 1 unspecified atom stereocenters. The van der Waals surface area contributed by atoms with E-state index in [9.17, 15) is 14.0 Å². The van der Waals surface area contributed by atoms with Crippen LogP contribution in [-0.4, -0.2) is 52.0 Å². The Bertz CT molecular complexity index is 1200. The predicted molar refractivity (Wildman–Crippen MR) is 132 cm³/mol. The summed E-state index contributed by atoms with van der Waals surface area (Å²) in [5.74, 6) is -1.25. The summed E-state index contributed by atoms with van der Waals surface area (Å²) < 4.78 is 34.9. The lowest BCUT2D eigenvalue weighted by atomic mass is 9.69. The molecule has 0 fully saturated rings. The van der Waals surface area contributed by atoms with Crippen molar-refractivity contribution < 1.29 is 32.9 Å². The van der Waals surface area contributed by atoms with Gasteiger partial charge in [0, 0.05) is 36.4 Å². The number of halogens is 1. The fourth-order valence-corrected chi connectivity index (χ4v) is 5.05. The number of ketones is 1. The number of carbonyl (C=O) groups excluding carboxylic acids is 2. The number of esters is 1. The molecular weight excluding hydrogens is 465 g/mol. The molecule has 3 atom stereocenters. The van der Waals surface area contributed by atoms with Crippen molar-refractivity contribution in [1.82, 2.24) is 0 Å². The van der Waals surface area contributed by atoms with E-state index >= 15 is 0 Å². The second kappa shape index (κ2) is 11.0.